The predicted molar refractivity (Wildman–Crippen MR) is 95.3 cm³/mol. The first-order chi connectivity index (χ1) is 11.5. The first kappa shape index (κ1) is 19.9. The number of carboxylic acids is 1. The number of aliphatic carboxylic acids is 1. The van der Waals surface area contributed by atoms with Crippen LogP contribution < -0.4 is 0 Å². The third-order valence-electron chi connectivity index (χ3n) is 5.76. The molecule has 0 spiro atoms. The van der Waals surface area contributed by atoms with Crippen molar-refractivity contribution in [1.29, 1.82) is 0 Å². The molecule has 25 heavy (non-hydrogen) atoms. The van der Waals surface area contributed by atoms with Crippen molar-refractivity contribution in [2.24, 2.45) is 5.92 Å². The molecule has 1 aliphatic carbocycles. The van der Waals surface area contributed by atoms with Crippen LogP contribution in [0, 0.1) is 5.92 Å². The quantitative estimate of drug-likeness (QED) is 0.453. The molecule has 0 aromatic rings. The largest absolute Gasteiger partial charge is 0.478 e. The van der Waals surface area contributed by atoms with Crippen molar-refractivity contribution in [2.75, 3.05) is 0 Å². The Morgan fingerprint density at radius 2 is 2.00 bits per heavy atom. The fraction of sp³-hybridized carbons (Fsp3) is 0.700. The lowest BCUT2D eigenvalue weighted by Gasteiger charge is -2.25. The van der Waals surface area contributed by atoms with Crippen LogP contribution in [0.4, 0.5) is 0 Å². The minimum Gasteiger partial charge on any atom is -0.478 e. The Kier molecular flexibility index (Phi) is 5.89. The molecule has 0 bridgehead atoms. The second kappa shape index (κ2) is 7.42. The van der Waals surface area contributed by atoms with E-state index in [1.165, 1.54) is 6.92 Å². The highest BCUT2D eigenvalue weighted by Gasteiger charge is 2.52. The van der Waals surface area contributed by atoms with Gasteiger partial charge in [0.25, 0.3) is 0 Å². The second-order valence-electron chi connectivity index (χ2n) is 8.01. The number of allylic oxidation sites excluding steroid dienone is 2. The fourth-order valence-electron chi connectivity index (χ4n) is 3.56. The topological polar surface area (TPSA) is 87.1 Å². The van der Waals surface area contributed by atoms with Crippen LogP contribution in [0.25, 0.3) is 0 Å². The highest BCUT2D eigenvalue weighted by molar-refractivity contribution is 5.87. The number of ether oxygens (including phenoxy) is 1. The Morgan fingerprint density at radius 3 is 2.64 bits per heavy atom. The molecule has 0 aromatic heterocycles. The molecule has 2 aliphatic rings. The number of Topliss-reactive ketones (excluding diaryl/α,β-unsaturated/α-hetero) is 1. The zero-order valence-electron chi connectivity index (χ0n) is 15.5. The molecule has 0 radical (unpaired) electrons. The molecular formula is C20H30O5. The van der Waals surface area contributed by atoms with Gasteiger partial charge in [-0.1, -0.05) is 18.2 Å². The van der Waals surface area contributed by atoms with E-state index in [4.69, 9.17) is 4.74 Å². The summed E-state index contributed by atoms with van der Waals surface area (Å²) in [6.07, 6.45) is 6.04. The van der Waals surface area contributed by atoms with E-state index in [1.807, 2.05) is 6.92 Å². The van der Waals surface area contributed by atoms with Crippen LogP contribution in [-0.2, 0) is 14.3 Å². The van der Waals surface area contributed by atoms with E-state index < -0.39 is 11.6 Å². The van der Waals surface area contributed by atoms with E-state index in [0.29, 0.717) is 25.7 Å². The lowest BCUT2D eigenvalue weighted by atomic mass is 9.82. The highest BCUT2D eigenvalue weighted by Crippen LogP contribution is 2.45. The number of hydrogen-bond acceptors (Lipinski definition) is 4. The average Bonchev–Trinajstić information content (AvgIpc) is 3.17. The Morgan fingerprint density at radius 1 is 1.32 bits per heavy atom. The molecule has 5 heteroatoms. The number of ketones is 1. The third-order valence-corrected chi connectivity index (χ3v) is 5.76. The van der Waals surface area contributed by atoms with Gasteiger partial charge in [0.15, 0.2) is 5.78 Å². The van der Waals surface area contributed by atoms with Gasteiger partial charge in [-0.15, -0.1) is 0 Å². The fourth-order valence-corrected chi connectivity index (χ4v) is 3.56. The average molecular weight is 350 g/mol. The van der Waals surface area contributed by atoms with E-state index in [2.05, 4.69) is 19.6 Å². The van der Waals surface area contributed by atoms with E-state index in [0.717, 1.165) is 18.4 Å². The molecule has 0 unspecified atom stereocenters. The van der Waals surface area contributed by atoms with Crippen LogP contribution in [0.15, 0.2) is 23.8 Å². The maximum Gasteiger partial charge on any atom is 0.331 e. The highest BCUT2D eigenvalue weighted by atomic mass is 16.6. The molecule has 5 nitrogen and oxygen atoms in total. The van der Waals surface area contributed by atoms with Gasteiger partial charge < -0.3 is 14.9 Å². The Labute approximate surface area is 149 Å². The smallest absolute Gasteiger partial charge is 0.331 e. The molecular weight excluding hydrogens is 320 g/mol. The molecule has 0 amide bonds. The van der Waals surface area contributed by atoms with Gasteiger partial charge in [0.2, 0.25) is 0 Å². The Hall–Kier alpha value is -1.46. The normalized spacial score (nSPS) is 37.4. The van der Waals surface area contributed by atoms with Gasteiger partial charge in [0.05, 0.1) is 11.7 Å². The monoisotopic (exact) mass is 350 g/mol. The molecule has 140 valence electrons. The van der Waals surface area contributed by atoms with Crippen LogP contribution >= 0.6 is 0 Å². The molecule has 0 saturated carbocycles. The third kappa shape index (κ3) is 5.02. The van der Waals surface area contributed by atoms with E-state index in [1.54, 1.807) is 0 Å². The van der Waals surface area contributed by atoms with Gasteiger partial charge in [-0.2, -0.15) is 0 Å². The van der Waals surface area contributed by atoms with Crippen molar-refractivity contribution in [3.05, 3.63) is 23.8 Å². The summed E-state index contributed by atoms with van der Waals surface area (Å²) in [5, 5.41) is 19.8. The van der Waals surface area contributed by atoms with Crippen LogP contribution in [0.1, 0.15) is 65.7 Å². The van der Waals surface area contributed by atoms with Gasteiger partial charge in [-0.3, -0.25) is 4.79 Å². The van der Waals surface area contributed by atoms with Crippen molar-refractivity contribution < 1.29 is 24.5 Å². The number of hydrogen-bond donors (Lipinski definition) is 2. The number of aliphatic hydroxyl groups is 1. The summed E-state index contributed by atoms with van der Waals surface area (Å²) >= 11 is 0. The van der Waals surface area contributed by atoms with Gasteiger partial charge in [-0.25, -0.2) is 4.79 Å². The maximum absolute atomic E-state index is 12.3. The van der Waals surface area contributed by atoms with Crippen LogP contribution in [0.5, 0.6) is 0 Å². The van der Waals surface area contributed by atoms with Gasteiger partial charge in [0.1, 0.15) is 5.60 Å². The zero-order valence-corrected chi connectivity index (χ0v) is 15.5. The number of carbonyl (C=O) groups is 2. The molecule has 1 aliphatic heterocycles. The maximum atomic E-state index is 12.3. The van der Waals surface area contributed by atoms with Gasteiger partial charge in [-0.05, 0) is 65.2 Å². The summed E-state index contributed by atoms with van der Waals surface area (Å²) in [6.45, 7) is 9.30. The Balaban J connectivity index is 2.18. The van der Waals surface area contributed by atoms with Crippen LogP contribution in [-0.4, -0.2) is 39.3 Å². The SMILES string of the molecule is C=C(C(=O)O)[C@H]1CC[C@](C)(O)C(=O)CCC(C)=CCC[C@]2(C)O[C@@H]2C1. The number of carbonyl (C=O) groups excluding carboxylic acids is 1. The molecule has 1 saturated heterocycles. The summed E-state index contributed by atoms with van der Waals surface area (Å²) < 4.78 is 5.86. The van der Waals surface area contributed by atoms with Crippen molar-refractivity contribution in [1.82, 2.24) is 0 Å². The van der Waals surface area contributed by atoms with E-state index >= 15 is 0 Å². The van der Waals surface area contributed by atoms with E-state index in [9.17, 15) is 19.8 Å². The zero-order chi connectivity index (χ0) is 18.8. The summed E-state index contributed by atoms with van der Waals surface area (Å²) in [5.41, 5.74) is -0.367. The predicted octanol–water partition coefficient (Wildman–Crippen LogP) is 3.41. The van der Waals surface area contributed by atoms with E-state index in [-0.39, 0.29) is 35.4 Å². The molecule has 2 rings (SSSR count). The summed E-state index contributed by atoms with van der Waals surface area (Å²) in [5.74, 6) is -1.52. The lowest BCUT2D eigenvalue weighted by Crippen LogP contribution is -2.36. The van der Waals surface area contributed by atoms with Crippen LogP contribution in [0.3, 0.4) is 0 Å². The van der Waals surface area contributed by atoms with Crippen molar-refractivity contribution in [3.63, 3.8) is 0 Å². The van der Waals surface area contributed by atoms with Crippen LogP contribution in [0.2, 0.25) is 0 Å². The summed E-state index contributed by atoms with van der Waals surface area (Å²) in [4.78, 5) is 23.7. The summed E-state index contributed by atoms with van der Waals surface area (Å²) in [6, 6.07) is 0. The standard InChI is InChI=1S/C20H30O5/c1-13-6-5-10-20(4)17(25-20)12-15(14(2)18(22)23)9-11-19(3,24)16(21)8-7-13/h6,15,17,24H,2,5,7-12H2,1,3-4H3,(H,22,23)/t15-,17+,19-,20-/m0/s1. The molecule has 4 atom stereocenters. The molecule has 0 aromatic carbocycles. The van der Waals surface area contributed by atoms with Crippen molar-refractivity contribution >= 4 is 11.8 Å². The van der Waals surface area contributed by atoms with Gasteiger partial charge in [0, 0.05) is 12.0 Å². The molecule has 2 N–H and O–H groups in total. The first-order valence-corrected chi connectivity index (χ1v) is 9.06. The Bertz CT molecular complexity index is 589. The number of fused-ring (bicyclic) bond motifs is 1. The minimum absolute atomic E-state index is 0.00546. The summed E-state index contributed by atoms with van der Waals surface area (Å²) in [7, 11) is 0. The van der Waals surface area contributed by atoms with Crippen molar-refractivity contribution in [3.8, 4) is 0 Å². The number of carboxylic acid groups (broad SMARTS) is 1. The molecule has 1 heterocycles. The lowest BCUT2D eigenvalue weighted by molar-refractivity contribution is -0.136. The number of epoxide rings is 1. The number of rotatable bonds is 2. The minimum atomic E-state index is -1.44. The first-order valence-electron chi connectivity index (χ1n) is 9.06. The van der Waals surface area contributed by atoms with Crippen molar-refractivity contribution in [2.45, 2.75) is 83.0 Å². The molecule has 1 fully saturated rings. The second-order valence-corrected chi connectivity index (χ2v) is 8.01. The van der Waals surface area contributed by atoms with Gasteiger partial charge >= 0.3 is 5.97 Å².